The minimum atomic E-state index is -0.773. The molecule has 2 rings (SSSR count). The number of amides is 2. The van der Waals surface area contributed by atoms with Crippen LogP contribution in [0.15, 0.2) is 66.4 Å². The molecule has 0 spiro atoms. The number of aromatic hydroxyl groups is 1. The molecule has 0 saturated carbocycles. The van der Waals surface area contributed by atoms with Crippen LogP contribution < -0.4 is 10.6 Å². The number of imide groups is 1. The topological polar surface area (TPSA) is 102 Å². The fourth-order valence-electron chi connectivity index (χ4n) is 1.88. The molecule has 2 aromatic rings. The first-order valence-electron chi connectivity index (χ1n) is 7.12. The zero-order valence-electron chi connectivity index (χ0n) is 12.7. The van der Waals surface area contributed by atoms with Crippen LogP contribution in [0.4, 0.5) is 5.69 Å². The van der Waals surface area contributed by atoms with E-state index in [0.717, 1.165) is 5.56 Å². The highest BCUT2D eigenvalue weighted by molar-refractivity contribution is 6.07. The van der Waals surface area contributed by atoms with Gasteiger partial charge in [0.05, 0.1) is 6.42 Å². The van der Waals surface area contributed by atoms with Crippen molar-refractivity contribution in [3.05, 3.63) is 71.9 Å². The summed E-state index contributed by atoms with van der Waals surface area (Å²) in [6.45, 7) is 0. The zero-order chi connectivity index (χ0) is 17.4. The van der Waals surface area contributed by atoms with Gasteiger partial charge in [-0.25, -0.2) is 0 Å². The number of hydrogen-bond acceptors (Lipinski definition) is 5. The SMILES string of the molecule is N#C/C(=C/Nc1ccc(O)cc1)C(=O)NC(=O)Cc1ccccc1. The van der Waals surface area contributed by atoms with Crippen molar-refractivity contribution in [1.29, 1.82) is 5.26 Å². The number of anilines is 1. The van der Waals surface area contributed by atoms with Crippen LogP contribution in [0.2, 0.25) is 0 Å². The summed E-state index contributed by atoms with van der Waals surface area (Å²) in [6.07, 6.45) is 1.26. The predicted molar refractivity (Wildman–Crippen MR) is 88.7 cm³/mol. The second-order valence-electron chi connectivity index (χ2n) is 4.90. The van der Waals surface area contributed by atoms with E-state index in [1.54, 1.807) is 42.5 Å². The lowest BCUT2D eigenvalue weighted by molar-refractivity contribution is -0.127. The first-order valence-corrected chi connectivity index (χ1v) is 7.12. The molecular weight excluding hydrogens is 306 g/mol. The lowest BCUT2D eigenvalue weighted by Crippen LogP contribution is -2.32. The van der Waals surface area contributed by atoms with Crippen molar-refractivity contribution < 1.29 is 14.7 Å². The van der Waals surface area contributed by atoms with Crippen molar-refractivity contribution in [3.63, 3.8) is 0 Å². The number of phenols is 1. The normalized spacial score (nSPS) is 10.5. The summed E-state index contributed by atoms with van der Waals surface area (Å²) in [5, 5.41) is 23.2. The van der Waals surface area contributed by atoms with Crippen molar-refractivity contribution in [2.45, 2.75) is 6.42 Å². The molecule has 0 aliphatic heterocycles. The van der Waals surface area contributed by atoms with Crippen molar-refractivity contribution in [3.8, 4) is 11.8 Å². The van der Waals surface area contributed by atoms with Crippen LogP contribution in [0.25, 0.3) is 0 Å². The highest BCUT2D eigenvalue weighted by atomic mass is 16.3. The molecule has 24 heavy (non-hydrogen) atoms. The summed E-state index contributed by atoms with van der Waals surface area (Å²) in [5.41, 5.74) is 1.13. The molecule has 0 atom stereocenters. The molecule has 0 radical (unpaired) electrons. The number of carbonyl (C=O) groups is 2. The first-order chi connectivity index (χ1) is 11.6. The van der Waals surface area contributed by atoms with Gasteiger partial charge in [-0.05, 0) is 29.8 Å². The minimum absolute atomic E-state index is 0.0523. The Balaban J connectivity index is 1.95. The Bertz CT molecular complexity index is 791. The number of carbonyl (C=O) groups excluding carboxylic acids is 2. The molecule has 0 aliphatic carbocycles. The predicted octanol–water partition coefficient (Wildman–Crippen LogP) is 2.10. The Morgan fingerprint density at radius 3 is 2.38 bits per heavy atom. The number of benzene rings is 2. The highest BCUT2D eigenvalue weighted by Crippen LogP contribution is 2.13. The Morgan fingerprint density at radius 2 is 1.75 bits per heavy atom. The molecule has 0 fully saturated rings. The quantitative estimate of drug-likeness (QED) is 0.444. The Hall–Kier alpha value is -3.59. The van der Waals surface area contributed by atoms with Crippen LogP contribution in [-0.4, -0.2) is 16.9 Å². The molecule has 2 aromatic carbocycles. The maximum absolute atomic E-state index is 11.9. The summed E-state index contributed by atoms with van der Waals surface area (Å²) in [4.78, 5) is 23.8. The Morgan fingerprint density at radius 1 is 1.08 bits per heavy atom. The number of phenolic OH excluding ortho intramolecular Hbond substituents is 1. The van der Waals surface area contributed by atoms with Gasteiger partial charge in [0.2, 0.25) is 5.91 Å². The van der Waals surface area contributed by atoms with E-state index in [-0.39, 0.29) is 17.7 Å². The van der Waals surface area contributed by atoms with Crippen molar-refractivity contribution >= 4 is 17.5 Å². The molecule has 0 aliphatic rings. The van der Waals surface area contributed by atoms with Gasteiger partial charge < -0.3 is 10.4 Å². The van der Waals surface area contributed by atoms with Gasteiger partial charge >= 0.3 is 0 Å². The molecule has 0 aromatic heterocycles. The van der Waals surface area contributed by atoms with Crippen LogP contribution in [-0.2, 0) is 16.0 Å². The number of nitriles is 1. The van der Waals surface area contributed by atoms with Crippen LogP contribution in [0.3, 0.4) is 0 Å². The molecule has 0 bridgehead atoms. The third kappa shape index (κ3) is 5.00. The largest absolute Gasteiger partial charge is 0.508 e. The maximum Gasteiger partial charge on any atom is 0.270 e. The molecule has 6 nitrogen and oxygen atoms in total. The van der Waals surface area contributed by atoms with Gasteiger partial charge in [-0.3, -0.25) is 14.9 Å². The van der Waals surface area contributed by atoms with Gasteiger partial charge in [0.25, 0.3) is 5.91 Å². The molecule has 0 unspecified atom stereocenters. The monoisotopic (exact) mass is 321 g/mol. The number of hydrogen-bond donors (Lipinski definition) is 3. The standard InChI is InChI=1S/C18H15N3O3/c19-11-14(12-20-15-6-8-16(22)9-7-15)18(24)21-17(23)10-13-4-2-1-3-5-13/h1-9,12,20,22H,10H2,(H,21,23,24)/b14-12-. The minimum Gasteiger partial charge on any atom is -0.508 e. The summed E-state index contributed by atoms with van der Waals surface area (Å²) >= 11 is 0. The van der Waals surface area contributed by atoms with Crippen molar-refractivity contribution in [2.24, 2.45) is 0 Å². The lowest BCUT2D eigenvalue weighted by atomic mass is 10.1. The summed E-state index contributed by atoms with van der Waals surface area (Å²) in [7, 11) is 0. The molecule has 0 saturated heterocycles. The number of nitrogens with one attached hydrogen (secondary N) is 2. The average Bonchev–Trinajstić information content (AvgIpc) is 2.58. The van der Waals surface area contributed by atoms with E-state index in [4.69, 9.17) is 5.26 Å². The van der Waals surface area contributed by atoms with Crippen molar-refractivity contribution in [1.82, 2.24) is 5.32 Å². The zero-order valence-corrected chi connectivity index (χ0v) is 12.7. The van der Waals surface area contributed by atoms with E-state index in [0.29, 0.717) is 5.69 Å². The second kappa shape index (κ2) is 8.15. The van der Waals surface area contributed by atoms with Gasteiger partial charge in [-0.2, -0.15) is 5.26 Å². The number of nitrogens with zero attached hydrogens (tertiary/aromatic N) is 1. The van der Waals surface area contributed by atoms with E-state index >= 15 is 0 Å². The van der Waals surface area contributed by atoms with Crippen LogP contribution in [0, 0.1) is 11.3 Å². The lowest BCUT2D eigenvalue weighted by Gasteiger charge is -2.05. The summed E-state index contributed by atoms with van der Waals surface area (Å²) in [5.74, 6) is -1.16. The second-order valence-corrected chi connectivity index (χ2v) is 4.90. The number of rotatable bonds is 5. The average molecular weight is 321 g/mol. The van der Waals surface area contributed by atoms with Gasteiger partial charge in [0.15, 0.2) is 0 Å². The highest BCUT2D eigenvalue weighted by Gasteiger charge is 2.13. The van der Waals surface area contributed by atoms with E-state index < -0.39 is 11.8 Å². The van der Waals surface area contributed by atoms with Crippen LogP contribution in [0.1, 0.15) is 5.56 Å². The van der Waals surface area contributed by atoms with E-state index in [2.05, 4.69) is 10.6 Å². The van der Waals surface area contributed by atoms with E-state index in [1.807, 2.05) is 6.07 Å². The van der Waals surface area contributed by atoms with Gasteiger partial charge in [-0.1, -0.05) is 30.3 Å². The first kappa shape index (κ1) is 16.8. The third-order valence-electron chi connectivity index (χ3n) is 3.08. The molecule has 0 heterocycles. The fourth-order valence-corrected chi connectivity index (χ4v) is 1.88. The fraction of sp³-hybridized carbons (Fsp3) is 0.0556. The Kier molecular flexibility index (Phi) is 5.70. The third-order valence-corrected chi connectivity index (χ3v) is 3.08. The molecule has 2 amide bonds. The molecular formula is C18H15N3O3. The van der Waals surface area contributed by atoms with Crippen molar-refractivity contribution in [2.75, 3.05) is 5.32 Å². The van der Waals surface area contributed by atoms with Crippen LogP contribution >= 0.6 is 0 Å². The van der Waals surface area contributed by atoms with Gasteiger partial charge in [0, 0.05) is 11.9 Å². The summed E-state index contributed by atoms with van der Waals surface area (Å²) in [6, 6.07) is 16.8. The van der Waals surface area contributed by atoms with E-state index in [1.165, 1.54) is 18.3 Å². The Labute approximate surface area is 139 Å². The van der Waals surface area contributed by atoms with Gasteiger partial charge in [-0.15, -0.1) is 0 Å². The van der Waals surface area contributed by atoms with E-state index in [9.17, 15) is 14.7 Å². The maximum atomic E-state index is 11.9. The molecule has 6 heteroatoms. The molecule has 120 valence electrons. The van der Waals surface area contributed by atoms with Crippen LogP contribution in [0.5, 0.6) is 5.75 Å². The summed E-state index contributed by atoms with van der Waals surface area (Å²) < 4.78 is 0. The smallest absolute Gasteiger partial charge is 0.270 e. The van der Waals surface area contributed by atoms with Gasteiger partial charge in [0.1, 0.15) is 17.4 Å². The molecule has 3 N–H and O–H groups in total.